The van der Waals surface area contributed by atoms with E-state index in [1.54, 1.807) is 43.3 Å². The second-order valence-electron chi connectivity index (χ2n) is 5.19. The van der Waals surface area contributed by atoms with Crippen molar-refractivity contribution in [2.75, 3.05) is 5.32 Å². The highest BCUT2D eigenvalue weighted by Crippen LogP contribution is 2.16. The molecule has 0 aliphatic rings. The number of anilines is 1. The molecule has 6 heteroatoms. The van der Waals surface area contributed by atoms with E-state index in [4.69, 9.17) is 0 Å². The van der Waals surface area contributed by atoms with Crippen LogP contribution in [0.4, 0.5) is 5.69 Å². The summed E-state index contributed by atoms with van der Waals surface area (Å²) in [4.78, 5) is 29.0. The molecular weight excluding hydrogens is 294 g/mol. The molecule has 3 rings (SSSR count). The summed E-state index contributed by atoms with van der Waals surface area (Å²) in [5, 5.41) is 12.4. The number of phenolic OH excluding ortho intramolecular Hbond substituents is 1. The van der Waals surface area contributed by atoms with Crippen LogP contribution in [0.1, 0.15) is 13.0 Å². The van der Waals surface area contributed by atoms with Crippen LogP contribution in [0.25, 0.3) is 10.9 Å². The van der Waals surface area contributed by atoms with E-state index in [0.29, 0.717) is 16.6 Å². The van der Waals surface area contributed by atoms with Crippen LogP contribution < -0.4 is 10.9 Å². The highest BCUT2D eigenvalue weighted by Gasteiger charge is 2.17. The number of rotatable bonds is 3. The molecule has 2 N–H and O–H groups in total. The maximum atomic E-state index is 12.5. The predicted octanol–water partition coefficient (Wildman–Crippen LogP) is 2.30. The predicted molar refractivity (Wildman–Crippen MR) is 87.5 cm³/mol. The van der Waals surface area contributed by atoms with Gasteiger partial charge in [-0.2, -0.15) is 0 Å². The smallest absolute Gasteiger partial charge is 0.261 e. The van der Waals surface area contributed by atoms with Crippen LogP contribution in [0.3, 0.4) is 0 Å². The summed E-state index contributed by atoms with van der Waals surface area (Å²) in [5.74, 6) is -0.221. The first-order valence-electron chi connectivity index (χ1n) is 7.12. The van der Waals surface area contributed by atoms with Gasteiger partial charge in [0.15, 0.2) is 0 Å². The van der Waals surface area contributed by atoms with Gasteiger partial charge in [-0.15, -0.1) is 0 Å². The van der Waals surface area contributed by atoms with Crippen molar-refractivity contribution < 1.29 is 9.90 Å². The Kier molecular flexibility index (Phi) is 3.80. The number of para-hydroxylation sites is 1. The lowest BCUT2D eigenvalue weighted by Crippen LogP contribution is -2.31. The first-order valence-corrected chi connectivity index (χ1v) is 7.12. The maximum absolute atomic E-state index is 12.5. The van der Waals surface area contributed by atoms with Gasteiger partial charge < -0.3 is 10.4 Å². The van der Waals surface area contributed by atoms with Gasteiger partial charge in [-0.3, -0.25) is 14.2 Å². The molecule has 1 atom stereocenters. The summed E-state index contributed by atoms with van der Waals surface area (Å²) in [6.45, 7) is 1.63. The molecule has 0 aliphatic heterocycles. The van der Waals surface area contributed by atoms with Gasteiger partial charge in [0, 0.05) is 5.69 Å². The van der Waals surface area contributed by atoms with Gasteiger partial charge in [-0.05, 0) is 43.3 Å². The molecule has 0 saturated carbocycles. The summed E-state index contributed by atoms with van der Waals surface area (Å²) < 4.78 is 1.30. The summed E-state index contributed by atoms with van der Waals surface area (Å²) in [6, 6.07) is 12.4. The number of nitrogens with one attached hydrogen (secondary N) is 1. The molecule has 116 valence electrons. The van der Waals surface area contributed by atoms with Crippen LogP contribution >= 0.6 is 0 Å². The first-order chi connectivity index (χ1) is 11.1. The second kappa shape index (κ2) is 5.92. The van der Waals surface area contributed by atoms with Crippen LogP contribution in [-0.2, 0) is 4.79 Å². The minimum Gasteiger partial charge on any atom is -0.508 e. The van der Waals surface area contributed by atoms with E-state index in [9.17, 15) is 14.7 Å². The Bertz CT molecular complexity index is 916. The molecule has 0 radical (unpaired) electrons. The number of nitrogens with zero attached hydrogens (tertiary/aromatic N) is 2. The standard InChI is InChI=1S/C17H15N3O3/c1-11(16(22)19-12-6-8-13(21)9-7-12)20-10-18-15-5-3-2-4-14(15)17(20)23/h2-11,21H,1H3,(H,19,22)/t11-/m1/s1. The van der Waals surface area contributed by atoms with Gasteiger partial charge in [-0.1, -0.05) is 12.1 Å². The molecule has 1 amide bonds. The largest absolute Gasteiger partial charge is 0.508 e. The van der Waals surface area contributed by atoms with E-state index in [1.165, 1.54) is 23.0 Å². The van der Waals surface area contributed by atoms with Gasteiger partial charge in [0.1, 0.15) is 11.8 Å². The number of amides is 1. The number of aromatic nitrogens is 2. The third-order valence-corrected chi connectivity index (χ3v) is 3.62. The van der Waals surface area contributed by atoms with Crippen LogP contribution in [0.5, 0.6) is 5.75 Å². The highest BCUT2D eigenvalue weighted by molar-refractivity contribution is 5.93. The van der Waals surface area contributed by atoms with Crippen LogP contribution in [-0.4, -0.2) is 20.6 Å². The summed E-state index contributed by atoms with van der Waals surface area (Å²) >= 11 is 0. The van der Waals surface area contributed by atoms with E-state index >= 15 is 0 Å². The lowest BCUT2D eigenvalue weighted by molar-refractivity contribution is -0.118. The number of carbonyl (C=O) groups excluding carboxylic acids is 1. The van der Waals surface area contributed by atoms with Gasteiger partial charge in [-0.25, -0.2) is 4.98 Å². The van der Waals surface area contributed by atoms with Gasteiger partial charge in [0.05, 0.1) is 17.2 Å². The molecule has 0 fully saturated rings. The number of fused-ring (bicyclic) bond motifs is 1. The summed E-state index contributed by atoms with van der Waals surface area (Å²) in [5.41, 5.74) is 0.880. The molecule has 2 aromatic carbocycles. The number of benzene rings is 2. The number of carbonyl (C=O) groups is 1. The third kappa shape index (κ3) is 2.91. The van der Waals surface area contributed by atoms with Gasteiger partial charge in [0.25, 0.3) is 5.56 Å². The van der Waals surface area contributed by atoms with Gasteiger partial charge in [0.2, 0.25) is 5.91 Å². The topological polar surface area (TPSA) is 84.2 Å². The van der Waals surface area contributed by atoms with E-state index in [1.807, 2.05) is 0 Å². The Labute approximate surface area is 132 Å². The number of phenols is 1. The molecule has 3 aromatic rings. The molecule has 1 aromatic heterocycles. The first kappa shape index (κ1) is 14.8. The fourth-order valence-corrected chi connectivity index (χ4v) is 2.28. The van der Waals surface area contributed by atoms with Crippen molar-refractivity contribution >= 4 is 22.5 Å². The average molecular weight is 309 g/mol. The molecule has 0 spiro atoms. The molecule has 0 saturated heterocycles. The molecular formula is C17H15N3O3. The number of aromatic hydroxyl groups is 1. The minimum atomic E-state index is -0.714. The average Bonchev–Trinajstić information content (AvgIpc) is 2.57. The van der Waals surface area contributed by atoms with Crippen LogP contribution in [0.15, 0.2) is 59.7 Å². The Morgan fingerprint density at radius 1 is 1.17 bits per heavy atom. The summed E-state index contributed by atoms with van der Waals surface area (Å²) in [6.07, 6.45) is 1.38. The minimum absolute atomic E-state index is 0.117. The molecule has 0 aliphatic carbocycles. The summed E-state index contributed by atoms with van der Waals surface area (Å²) in [7, 11) is 0. The van der Waals surface area contributed by atoms with Crippen LogP contribution in [0, 0.1) is 0 Å². The fraction of sp³-hybridized carbons (Fsp3) is 0.118. The Balaban J connectivity index is 1.89. The van der Waals surface area contributed by atoms with Crippen molar-refractivity contribution in [3.05, 3.63) is 65.2 Å². The third-order valence-electron chi connectivity index (χ3n) is 3.62. The van der Waals surface area contributed by atoms with Crippen molar-refractivity contribution in [1.29, 1.82) is 0 Å². The van der Waals surface area contributed by atoms with E-state index in [2.05, 4.69) is 10.3 Å². The maximum Gasteiger partial charge on any atom is 0.261 e. The van der Waals surface area contributed by atoms with Crippen molar-refractivity contribution in [3.63, 3.8) is 0 Å². The fourth-order valence-electron chi connectivity index (χ4n) is 2.28. The zero-order valence-electron chi connectivity index (χ0n) is 12.4. The van der Waals surface area contributed by atoms with E-state index in [-0.39, 0.29) is 17.2 Å². The Morgan fingerprint density at radius 3 is 2.61 bits per heavy atom. The number of hydrogen-bond acceptors (Lipinski definition) is 4. The van der Waals surface area contributed by atoms with E-state index < -0.39 is 6.04 Å². The van der Waals surface area contributed by atoms with Crippen LogP contribution in [0.2, 0.25) is 0 Å². The SMILES string of the molecule is C[C@H](C(=O)Nc1ccc(O)cc1)n1cnc2ccccc2c1=O. The Morgan fingerprint density at radius 2 is 1.87 bits per heavy atom. The quantitative estimate of drug-likeness (QED) is 0.727. The number of hydrogen-bond donors (Lipinski definition) is 2. The lowest BCUT2D eigenvalue weighted by atomic mass is 10.2. The van der Waals surface area contributed by atoms with Crippen molar-refractivity contribution in [3.8, 4) is 5.75 Å². The lowest BCUT2D eigenvalue weighted by Gasteiger charge is -2.15. The van der Waals surface area contributed by atoms with Crippen molar-refractivity contribution in [2.24, 2.45) is 0 Å². The van der Waals surface area contributed by atoms with Crippen molar-refractivity contribution in [2.45, 2.75) is 13.0 Å². The van der Waals surface area contributed by atoms with Gasteiger partial charge >= 0.3 is 0 Å². The zero-order valence-corrected chi connectivity index (χ0v) is 12.4. The highest BCUT2D eigenvalue weighted by atomic mass is 16.3. The molecule has 6 nitrogen and oxygen atoms in total. The second-order valence-corrected chi connectivity index (χ2v) is 5.19. The molecule has 0 bridgehead atoms. The van der Waals surface area contributed by atoms with E-state index in [0.717, 1.165) is 0 Å². The monoisotopic (exact) mass is 309 g/mol. The molecule has 1 heterocycles. The Hall–Kier alpha value is -3.15. The molecule has 0 unspecified atom stereocenters. The van der Waals surface area contributed by atoms with Crippen molar-refractivity contribution in [1.82, 2.24) is 9.55 Å². The molecule has 23 heavy (non-hydrogen) atoms. The normalized spacial score (nSPS) is 12.0. The zero-order chi connectivity index (χ0) is 16.4.